The minimum atomic E-state index is -3.54. The van der Waals surface area contributed by atoms with Crippen molar-refractivity contribution in [3.63, 3.8) is 0 Å². The maximum atomic E-state index is 12.1. The van der Waals surface area contributed by atoms with Crippen molar-refractivity contribution in [3.05, 3.63) is 22.5 Å². The monoisotopic (exact) mass is 332 g/mol. The fraction of sp³-hybridized carbons (Fsp3) is 0.455. The van der Waals surface area contributed by atoms with Crippen LogP contribution in [0.5, 0.6) is 0 Å². The molecule has 2 aromatic heterocycles. The summed E-state index contributed by atoms with van der Waals surface area (Å²) in [5, 5.41) is 10.9. The molecule has 6 nitrogen and oxygen atoms in total. The molecular weight excluding hydrogens is 316 g/mol. The topological polar surface area (TPSA) is 84.0 Å². The standard InChI is InChI=1S/C11H16N4O2S3/c1-2-6-12-7-5-9-3-4-10(19-9)20(16,17)15-11-14-13-8-18-11/h3-4,8,12H,2,5-7H2,1H3,(H,14,15). The second-order valence-corrected chi connectivity index (χ2v) is 7.98. The summed E-state index contributed by atoms with van der Waals surface area (Å²) in [6.07, 6.45) is 1.93. The molecule has 2 aromatic rings. The molecular formula is C11H16N4O2S3. The molecule has 0 atom stereocenters. The van der Waals surface area contributed by atoms with Crippen molar-refractivity contribution in [1.82, 2.24) is 15.5 Å². The number of thiophene rings is 1. The van der Waals surface area contributed by atoms with Gasteiger partial charge in [0.25, 0.3) is 10.0 Å². The van der Waals surface area contributed by atoms with Crippen LogP contribution in [0, 0.1) is 0 Å². The van der Waals surface area contributed by atoms with Gasteiger partial charge in [0, 0.05) is 4.88 Å². The molecule has 0 aliphatic carbocycles. The normalized spacial score (nSPS) is 11.7. The largest absolute Gasteiger partial charge is 0.316 e. The first-order chi connectivity index (χ1) is 9.62. The zero-order valence-corrected chi connectivity index (χ0v) is 13.4. The molecule has 0 bridgehead atoms. The van der Waals surface area contributed by atoms with Crippen LogP contribution in [0.25, 0.3) is 0 Å². The lowest BCUT2D eigenvalue weighted by molar-refractivity contribution is 0.603. The van der Waals surface area contributed by atoms with E-state index in [1.165, 1.54) is 16.8 Å². The summed E-state index contributed by atoms with van der Waals surface area (Å²) in [6, 6.07) is 3.48. The minimum Gasteiger partial charge on any atom is -0.316 e. The second kappa shape index (κ2) is 7.11. The van der Waals surface area contributed by atoms with Crippen LogP contribution in [-0.2, 0) is 16.4 Å². The summed E-state index contributed by atoms with van der Waals surface area (Å²) in [5.41, 5.74) is 1.48. The van der Waals surface area contributed by atoms with Gasteiger partial charge >= 0.3 is 0 Å². The average Bonchev–Trinajstić information content (AvgIpc) is 3.05. The lowest BCUT2D eigenvalue weighted by Gasteiger charge is -2.01. The quantitative estimate of drug-likeness (QED) is 0.722. The molecule has 0 radical (unpaired) electrons. The molecule has 2 rings (SSSR count). The maximum Gasteiger partial charge on any atom is 0.273 e. The molecule has 0 amide bonds. The molecule has 0 fully saturated rings. The molecule has 20 heavy (non-hydrogen) atoms. The third-order valence-corrected chi connectivity index (χ3v) is 6.17. The van der Waals surface area contributed by atoms with Crippen molar-refractivity contribution in [2.45, 2.75) is 24.0 Å². The van der Waals surface area contributed by atoms with E-state index in [-0.39, 0.29) is 5.13 Å². The second-order valence-electron chi connectivity index (χ2n) is 4.07. The highest BCUT2D eigenvalue weighted by molar-refractivity contribution is 7.94. The first-order valence-corrected chi connectivity index (χ1v) is 9.38. The van der Waals surface area contributed by atoms with E-state index in [1.807, 2.05) is 6.07 Å². The molecule has 9 heteroatoms. The van der Waals surface area contributed by atoms with Gasteiger partial charge in [0.1, 0.15) is 9.72 Å². The molecule has 110 valence electrons. The van der Waals surface area contributed by atoms with Gasteiger partial charge in [0.05, 0.1) is 0 Å². The molecule has 2 N–H and O–H groups in total. The summed E-state index contributed by atoms with van der Waals surface area (Å²) >= 11 is 2.44. The molecule has 0 aromatic carbocycles. The van der Waals surface area contributed by atoms with Crippen LogP contribution < -0.4 is 10.0 Å². The van der Waals surface area contributed by atoms with E-state index in [2.05, 4.69) is 27.2 Å². The highest BCUT2D eigenvalue weighted by atomic mass is 32.2. The number of aromatic nitrogens is 2. The third kappa shape index (κ3) is 4.23. The van der Waals surface area contributed by atoms with Crippen LogP contribution in [0.15, 0.2) is 21.9 Å². The Morgan fingerprint density at radius 1 is 1.30 bits per heavy atom. The van der Waals surface area contributed by atoms with Gasteiger partial charge in [-0.1, -0.05) is 18.3 Å². The van der Waals surface area contributed by atoms with Gasteiger partial charge in [-0.15, -0.1) is 21.5 Å². The first kappa shape index (κ1) is 15.4. The van der Waals surface area contributed by atoms with Crippen molar-refractivity contribution in [1.29, 1.82) is 0 Å². The Morgan fingerprint density at radius 2 is 2.15 bits per heavy atom. The van der Waals surface area contributed by atoms with Crippen molar-refractivity contribution >= 4 is 37.8 Å². The lowest BCUT2D eigenvalue weighted by Crippen LogP contribution is -2.17. The van der Waals surface area contributed by atoms with Gasteiger partial charge in [-0.3, -0.25) is 4.72 Å². The number of nitrogens with zero attached hydrogens (tertiary/aromatic N) is 2. The van der Waals surface area contributed by atoms with Gasteiger partial charge in [-0.25, -0.2) is 8.42 Å². The third-order valence-electron chi connectivity index (χ3n) is 2.46. The van der Waals surface area contributed by atoms with E-state index in [0.717, 1.165) is 42.1 Å². The number of rotatable bonds is 8. The van der Waals surface area contributed by atoms with Crippen LogP contribution in [0.3, 0.4) is 0 Å². The number of hydrogen-bond donors (Lipinski definition) is 2. The summed E-state index contributed by atoms with van der Waals surface area (Å²) in [5.74, 6) is 0. The molecule has 0 saturated carbocycles. The summed E-state index contributed by atoms with van der Waals surface area (Å²) in [7, 11) is -3.54. The minimum absolute atomic E-state index is 0.282. The van der Waals surface area contributed by atoms with E-state index >= 15 is 0 Å². The Bertz CT molecular complexity index is 622. The lowest BCUT2D eigenvalue weighted by atomic mass is 10.3. The van der Waals surface area contributed by atoms with Gasteiger partial charge in [-0.2, -0.15) is 0 Å². The highest BCUT2D eigenvalue weighted by Gasteiger charge is 2.18. The zero-order chi connectivity index (χ0) is 14.4. The van der Waals surface area contributed by atoms with Crippen molar-refractivity contribution in [2.75, 3.05) is 17.8 Å². The average molecular weight is 332 g/mol. The van der Waals surface area contributed by atoms with Crippen LogP contribution in [0.2, 0.25) is 0 Å². The maximum absolute atomic E-state index is 12.1. The van der Waals surface area contributed by atoms with Crippen LogP contribution >= 0.6 is 22.7 Å². The van der Waals surface area contributed by atoms with Crippen molar-refractivity contribution in [3.8, 4) is 0 Å². The van der Waals surface area contributed by atoms with Crippen LogP contribution in [-0.4, -0.2) is 31.7 Å². The van der Waals surface area contributed by atoms with Crippen molar-refractivity contribution in [2.24, 2.45) is 0 Å². The van der Waals surface area contributed by atoms with Gasteiger partial charge in [-0.05, 0) is 38.1 Å². The number of anilines is 1. The van der Waals surface area contributed by atoms with E-state index in [0.29, 0.717) is 4.21 Å². The fourth-order valence-electron chi connectivity index (χ4n) is 1.53. The van der Waals surface area contributed by atoms with Crippen LogP contribution in [0.4, 0.5) is 5.13 Å². The SMILES string of the molecule is CCCNCCc1ccc(S(=O)(=O)Nc2nncs2)s1. The molecule has 0 unspecified atom stereocenters. The van der Waals surface area contributed by atoms with Crippen LogP contribution in [0.1, 0.15) is 18.2 Å². The van der Waals surface area contributed by atoms with Gasteiger partial charge in [0.15, 0.2) is 0 Å². The predicted octanol–water partition coefficient (Wildman–Crippen LogP) is 1.94. The summed E-state index contributed by atoms with van der Waals surface area (Å²) in [6.45, 7) is 3.95. The van der Waals surface area contributed by atoms with Gasteiger partial charge < -0.3 is 5.32 Å². The Balaban J connectivity index is 1.97. The van der Waals surface area contributed by atoms with Crippen molar-refractivity contribution < 1.29 is 8.42 Å². The zero-order valence-electron chi connectivity index (χ0n) is 11.0. The van der Waals surface area contributed by atoms with E-state index in [1.54, 1.807) is 6.07 Å². The molecule has 0 aliphatic rings. The number of nitrogens with one attached hydrogen (secondary N) is 2. The smallest absolute Gasteiger partial charge is 0.273 e. The fourth-order valence-corrected chi connectivity index (χ4v) is 4.58. The van der Waals surface area contributed by atoms with E-state index in [4.69, 9.17) is 0 Å². The Morgan fingerprint density at radius 3 is 2.85 bits per heavy atom. The number of sulfonamides is 1. The van der Waals surface area contributed by atoms with E-state index < -0.39 is 10.0 Å². The molecule has 0 spiro atoms. The Kier molecular flexibility index (Phi) is 5.46. The molecule has 0 aliphatic heterocycles. The summed E-state index contributed by atoms with van der Waals surface area (Å²) in [4.78, 5) is 1.05. The van der Waals surface area contributed by atoms with E-state index in [9.17, 15) is 8.42 Å². The Labute approximate surface area is 126 Å². The predicted molar refractivity (Wildman–Crippen MR) is 81.9 cm³/mol. The first-order valence-electron chi connectivity index (χ1n) is 6.20. The molecule has 2 heterocycles. The van der Waals surface area contributed by atoms with Gasteiger partial charge in [0.2, 0.25) is 5.13 Å². The Hall–Kier alpha value is -1.03. The molecule has 0 saturated heterocycles. The number of hydrogen-bond acceptors (Lipinski definition) is 7. The summed E-state index contributed by atoms with van der Waals surface area (Å²) < 4.78 is 26.9. The highest BCUT2D eigenvalue weighted by Crippen LogP contribution is 2.24.